The van der Waals surface area contributed by atoms with Gasteiger partial charge < -0.3 is 4.90 Å². The highest BCUT2D eigenvalue weighted by molar-refractivity contribution is 5.86. The molecule has 4 heteroatoms. The highest BCUT2D eigenvalue weighted by atomic mass is 35.5. The van der Waals surface area contributed by atoms with Crippen LogP contribution in [0.15, 0.2) is 53.5 Å². The minimum absolute atomic E-state index is 0. The molecule has 1 heterocycles. The topological polar surface area (TPSA) is 39.4 Å². The van der Waals surface area contributed by atoms with Crippen LogP contribution in [0.2, 0.25) is 0 Å². The summed E-state index contributed by atoms with van der Waals surface area (Å²) in [6.07, 6.45) is 0.842. The SMILES string of the molecule is CN(C)C1=NC(c2ccccc2C#N)c2ccccc2C1.Cl. The van der Waals surface area contributed by atoms with Crippen molar-refractivity contribution >= 4 is 18.2 Å². The molecule has 0 aliphatic carbocycles. The smallest absolute Gasteiger partial charge is 0.104 e. The molecule has 0 aromatic heterocycles. The molecule has 3 rings (SSSR count). The molecular formula is C18H18ClN3. The average molecular weight is 312 g/mol. The zero-order valence-electron chi connectivity index (χ0n) is 12.7. The van der Waals surface area contributed by atoms with Gasteiger partial charge in [0.1, 0.15) is 11.9 Å². The summed E-state index contributed by atoms with van der Waals surface area (Å²) in [4.78, 5) is 6.95. The number of aliphatic imine (C=N–C) groups is 1. The number of halogens is 1. The van der Waals surface area contributed by atoms with E-state index in [9.17, 15) is 5.26 Å². The van der Waals surface area contributed by atoms with Crippen molar-refractivity contribution in [1.82, 2.24) is 4.90 Å². The maximum atomic E-state index is 9.36. The molecule has 0 saturated heterocycles. The van der Waals surface area contributed by atoms with Crippen LogP contribution in [-0.2, 0) is 6.42 Å². The van der Waals surface area contributed by atoms with Crippen molar-refractivity contribution in [3.8, 4) is 6.07 Å². The second-order valence-corrected chi connectivity index (χ2v) is 5.42. The number of hydrogen-bond donors (Lipinski definition) is 0. The van der Waals surface area contributed by atoms with Crippen molar-refractivity contribution in [1.29, 1.82) is 5.26 Å². The molecule has 1 atom stereocenters. The number of nitrogens with zero attached hydrogens (tertiary/aromatic N) is 3. The molecule has 0 amide bonds. The molecule has 0 bridgehead atoms. The Balaban J connectivity index is 0.00000176. The van der Waals surface area contributed by atoms with Gasteiger partial charge in [0.05, 0.1) is 11.6 Å². The van der Waals surface area contributed by atoms with E-state index in [-0.39, 0.29) is 18.4 Å². The number of hydrogen-bond acceptors (Lipinski definition) is 3. The van der Waals surface area contributed by atoms with Crippen LogP contribution in [0.5, 0.6) is 0 Å². The third kappa shape index (κ3) is 2.84. The van der Waals surface area contributed by atoms with E-state index in [1.807, 2.05) is 44.4 Å². The van der Waals surface area contributed by atoms with Crippen molar-refractivity contribution in [3.63, 3.8) is 0 Å². The Hall–Kier alpha value is -2.31. The molecule has 0 fully saturated rings. The number of benzene rings is 2. The fourth-order valence-electron chi connectivity index (χ4n) is 2.74. The molecular weight excluding hydrogens is 294 g/mol. The Morgan fingerprint density at radius 1 is 1.05 bits per heavy atom. The zero-order valence-corrected chi connectivity index (χ0v) is 13.5. The van der Waals surface area contributed by atoms with Crippen molar-refractivity contribution in [2.24, 2.45) is 4.99 Å². The molecule has 0 radical (unpaired) electrons. The van der Waals surface area contributed by atoms with Crippen molar-refractivity contribution in [2.45, 2.75) is 12.5 Å². The standard InChI is InChI=1S/C18H17N3.ClH/c1-21(2)17-11-13-7-3-5-9-15(13)18(20-17)16-10-6-4-8-14(16)12-19;/h3-10,18H,11H2,1-2H3;1H. The molecule has 1 aliphatic heterocycles. The van der Waals surface area contributed by atoms with Gasteiger partial charge in [-0.2, -0.15) is 5.26 Å². The van der Waals surface area contributed by atoms with Gasteiger partial charge in [-0.15, -0.1) is 12.4 Å². The third-order valence-corrected chi connectivity index (χ3v) is 3.87. The van der Waals surface area contributed by atoms with Gasteiger partial charge in [0, 0.05) is 20.5 Å². The van der Waals surface area contributed by atoms with Gasteiger partial charge in [0.2, 0.25) is 0 Å². The lowest BCUT2D eigenvalue weighted by atomic mass is 9.88. The van der Waals surface area contributed by atoms with Crippen LogP contribution >= 0.6 is 12.4 Å². The third-order valence-electron chi connectivity index (χ3n) is 3.87. The normalized spacial score (nSPS) is 15.9. The molecule has 2 aromatic rings. The van der Waals surface area contributed by atoms with E-state index in [4.69, 9.17) is 4.99 Å². The molecule has 1 aliphatic rings. The Morgan fingerprint density at radius 3 is 2.36 bits per heavy atom. The van der Waals surface area contributed by atoms with Crippen LogP contribution in [0.4, 0.5) is 0 Å². The summed E-state index contributed by atoms with van der Waals surface area (Å²) in [5.74, 6) is 1.05. The first-order valence-electron chi connectivity index (χ1n) is 7.01. The Kier molecular flexibility index (Phi) is 4.85. The van der Waals surface area contributed by atoms with Crippen LogP contribution in [0.25, 0.3) is 0 Å². The summed E-state index contributed by atoms with van der Waals surface area (Å²) in [5.41, 5.74) is 4.16. The number of fused-ring (bicyclic) bond motifs is 1. The predicted molar refractivity (Wildman–Crippen MR) is 91.5 cm³/mol. The van der Waals surface area contributed by atoms with Gasteiger partial charge in [-0.25, -0.2) is 0 Å². The highest BCUT2D eigenvalue weighted by Gasteiger charge is 2.25. The summed E-state index contributed by atoms with van der Waals surface area (Å²) >= 11 is 0. The second-order valence-electron chi connectivity index (χ2n) is 5.42. The largest absolute Gasteiger partial charge is 0.366 e. The lowest BCUT2D eigenvalue weighted by Crippen LogP contribution is -2.28. The fraction of sp³-hybridized carbons (Fsp3) is 0.222. The van der Waals surface area contributed by atoms with E-state index in [2.05, 4.69) is 29.2 Å². The van der Waals surface area contributed by atoms with Gasteiger partial charge in [-0.3, -0.25) is 4.99 Å². The molecule has 2 aromatic carbocycles. The Labute approximate surface area is 137 Å². The summed E-state index contributed by atoms with van der Waals surface area (Å²) in [6, 6.07) is 18.3. The van der Waals surface area contributed by atoms with E-state index in [0.29, 0.717) is 5.56 Å². The number of likely N-dealkylation sites (N-methyl/N-ethyl adjacent to an activating group) is 1. The first-order chi connectivity index (χ1) is 10.2. The highest BCUT2D eigenvalue weighted by Crippen LogP contribution is 2.34. The average Bonchev–Trinajstić information content (AvgIpc) is 2.53. The van der Waals surface area contributed by atoms with E-state index >= 15 is 0 Å². The molecule has 0 saturated carbocycles. The molecule has 0 spiro atoms. The summed E-state index contributed by atoms with van der Waals surface area (Å²) in [7, 11) is 4.03. The van der Waals surface area contributed by atoms with Crippen LogP contribution < -0.4 is 0 Å². The van der Waals surface area contributed by atoms with Crippen molar-refractivity contribution in [3.05, 3.63) is 70.8 Å². The maximum absolute atomic E-state index is 9.36. The van der Waals surface area contributed by atoms with Crippen LogP contribution in [0.1, 0.15) is 28.3 Å². The maximum Gasteiger partial charge on any atom is 0.104 e. The lowest BCUT2D eigenvalue weighted by molar-refractivity contribution is 0.591. The summed E-state index contributed by atoms with van der Waals surface area (Å²) < 4.78 is 0. The van der Waals surface area contributed by atoms with Crippen molar-refractivity contribution < 1.29 is 0 Å². The zero-order chi connectivity index (χ0) is 14.8. The van der Waals surface area contributed by atoms with Gasteiger partial charge in [0.15, 0.2) is 0 Å². The van der Waals surface area contributed by atoms with Crippen LogP contribution in [0, 0.1) is 11.3 Å². The van der Waals surface area contributed by atoms with E-state index < -0.39 is 0 Å². The Morgan fingerprint density at radius 2 is 1.68 bits per heavy atom. The predicted octanol–water partition coefficient (Wildman–Crippen LogP) is 3.59. The first-order valence-corrected chi connectivity index (χ1v) is 7.01. The van der Waals surface area contributed by atoms with Gasteiger partial charge in [-0.1, -0.05) is 42.5 Å². The van der Waals surface area contributed by atoms with E-state index in [1.165, 1.54) is 11.1 Å². The monoisotopic (exact) mass is 311 g/mol. The molecule has 1 unspecified atom stereocenters. The Bertz CT molecular complexity index is 744. The quantitative estimate of drug-likeness (QED) is 0.807. The molecule has 3 nitrogen and oxygen atoms in total. The van der Waals surface area contributed by atoms with Gasteiger partial charge >= 0.3 is 0 Å². The fourth-order valence-corrected chi connectivity index (χ4v) is 2.74. The first kappa shape index (κ1) is 16.1. The molecule has 0 N–H and O–H groups in total. The minimum atomic E-state index is -0.0943. The van der Waals surface area contributed by atoms with Crippen LogP contribution in [0.3, 0.4) is 0 Å². The van der Waals surface area contributed by atoms with Gasteiger partial charge in [0.25, 0.3) is 0 Å². The summed E-state index contributed by atoms with van der Waals surface area (Å²) in [5, 5.41) is 9.36. The number of nitriles is 1. The number of amidine groups is 1. The van der Waals surface area contributed by atoms with E-state index in [0.717, 1.165) is 17.8 Å². The molecule has 112 valence electrons. The lowest BCUT2D eigenvalue weighted by Gasteiger charge is -2.28. The van der Waals surface area contributed by atoms with Gasteiger partial charge in [-0.05, 0) is 22.8 Å². The summed E-state index contributed by atoms with van der Waals surface area (Å²) in [6.45, 7) is 0. The minimum Gasteiger partial charge on any atom is -0.366 e. The molecule has 22 heavy (non-hydrogen) atoms. The number of rotatable bonds is 1. The van der Waals surface area contributed by atoms with Crippen LogP contribution in [-0.4, -0.2) is 24.8 Å². The van der Waals surface area contributed by atoms with Crippen molar-refractivity contribution in [2.75, 3.05) is 14.1 Å². The van der Waals surface area contributed by atoms with E-state index in [1.54, 1.807) is 0 Å². The second kappa shape index (κ2) is 6.64.